The average Bonchev–Trinajstić information content (AvgIpc) is 3.22. The molecular weight excluding hydrogens is 378 g/mol. The number of amides is 2. The van der Waals surface area contributed by atoms with Crippen molar-refractivity contribution in [3.63, 3.8) is 0 Å². The molecule has 0 spiro atoms. The lowest BCUT2D eigenvalue weighted by Gasteiger charge is -2.18. The largest absolute Gasteiger partial charge is 0.495 e. The number of carbonyl (C=O) groups is 2. The summed E-state index contributed by atoms with van der Waals surface area (Å²) >= 11 is 6.05. The number of aromatic nitrogens is 1. The highest BCUT2D eigenvalue weighted by Crippen LogP contribution is 2.34. The van der Waals surface area contributed by atoms with Crippen molar-refractivity contribution in [1.82, 2.24) is 10.3 Å². The summed E-state index contributed by atoms with van der Waals surface area (Å²) in [5.74, 6) is -0.120. The van der Waals surface area contributed by atoms with E-state index in [-0.39, 0.29) is 18.2 Å². The van der Waals surface area contributed by atoms with Gasteiger partial charge in [-0.2, -0.15) is 0 Å². The molecule has 2 N–H and O–H groups in total. The number of halogens is 1. The van der Waals surface area contributed by atoms with Crippen LogP contribution in [0.1, 0.15) is 12.0 Å². The van der Waals surface area contributed by atoms with Crippen molar-refractivity contribution in [3.05, 3.63) is 59.2 Å². The fraction of sp³-hybridized carbons (Fsp3) is 0.238. The van der Waals surface area contributed by atoms with Gasteiger partial charge in [-0.15, -0.1) is 0 Å². The van der Waals surface area contributed by atoms with Crippen molar-refractivity contribution in [2.45, 2.75) is 18.9 Å². The minimum atomic E-state index is -0.554. The average molecular weight is 398 g/mol. The lowest BCUT2D eigenvalue weighted by molar-refractivity contribution is -0.121. The van der Waals surface area contributed by atoms with Crippen LogP contribution in [0.25, 0.3) is 10.9 Å². The Morgan fingerprint density at radius 1 is 1.25 bits per heavy atom. The first-order valence-corrected chi connectivity index (χ1v) is 9.45. The molecule has 2 amide bonds. The minimum absolute atomic E-state index is 0.113. The number of rotatable bonds is 6. The van der Waals surface area contributed by atoms with Gasteiger partial charge in [0.25, 0.3) is 5.91 Å². The summed E-state index contributed by atoms with van der Waals surface area (Å²) in [6, 6.07) is 12.4. The van der Waals surface area contributed by atoms with E-state index >= 15 is 0 Å². The predicted octanol–water partition coefficient (Wildman–Crippen LogP) is 3.29. The molecular formula is C21H20ClN3O3. The van der Waals surface area contributed by atoms with Gasteiger partial charge in [-0.25, -0.2) is 4.90 Å². The molecule has 0 bridgehead atoms. The molecule has 0 radical (unpaired) electrons. The first-order valence-electron chi connectivity index (χ1n) is 9.07. The van der Waals surface area contributed by atoms with E-state index in [1.807, 2.05) is 24.4 Å². The standard InChI is InChI=1S/C21H20ClN3O3/c1-28-19-7-6-14(22)10-18(19)25-20(26)11-17(21(25)27)23-9-8-13-12-24-16-5-3-2-4-15(13)16/h2-7,10,12,17,23-24H,8-9,11H2,1H3/t17-/m1/s1. The van der Waals surface area contributed by atoms with Crippen molar-refractivity contribution in [1.29, 1.82) is 0 Å². The Kier molecular flexibility index (Phi) is 5.07. The number of carbonyl (C=O) groups excluding carboxylic acids is 2. The van der Waals surface area contributed by atoms with Crippen molar-refractivity contribution in [2.75, 3.05) is 18.6 Å². The first kappa shape index (κ1) is 18.5. The van der Waals surface area contributed by atoms with Crippen molar-refractivity contribution in [2.24, 2.45) is 0 Å². The zero-order valence-electron chi connectivity index (χ0n) is 15.4. The number of para-hydroxylation sites is 1. The number of H-pyrrole nitrogens is 1. The highest BCUT2D eigenvalue weighted by atomic mass is 35.5. The van der Waals surface area contributed by atoms with E-state index in [1.165, 1.54) is 18.1 Å². The third-order valence-corrected chi connectivity index (χ3v) is 5.22. The van der Waals surface area contributed by atoms with Gasteiger partial charge in [-0.05, 0) is 36.2 Å². The molecule has 1 aliphatic heterocycles. The fourth-order valence-corrected chi connectivity index (χ4v) is 3.77. The van der Waals surface area contributed by atoms with Crippen LogP contribution in [0.5, 0.6) is 5.75 Å². The number of hydrogen-bond acceptors (Lipinski definition) is 4. The van der Waals surface area contributed by atoms with Crippen LogP contribution in [-0.2, 0) is 16.0 Å². The molecule has 7 heteroatoms. The summed E-state index contributed by atoms with van der Waals surface area (Å²) in [5, 5.41) is 4.82. The van der Waals surface area contributed by atoms with Crippen LogP contribution in [0.15, 0.2) is 48.7 Å². The molecule has 0 unspecified atom stereocenters. The number of methoxy groups -OCH3 is 1. The molecule has 1 atom stereocenters. The Labute approximate surface area is 167 Å². The van der Waals surface area contributed by atoms with E-state index in [9.17, 15) is 9.59 Å². The van der Waals surface area contributed by atoms with Gasteiger partial charge in [-0.1, -0.05) is 29.8 Å². The number of anilines is 1. The van der Waals surface area contributed by atoms with Gasteiger partial charge in [0.15, 0.2) is 0 Å². The summed E-state index contributed by atoms with van der Waals surface area (Å²) < 4.78 is 5.29. The molecule has 3 aromatic rings. The zero-order valence-corrected chi connectivity index (χ0v) is 16.1. The summed E-state index contributed by atoms with van der Waals surface area (Å²) in [7, 11) is 1.49. The van der Waals surface area contributed by atoms with Crippen LogP contribution in [0.2, 0.25) is 5.02 Å². The second-order valence-electron chi connectivity index (χ2n) is 6.70. The smallest absolute Gasteiger partial charge is 0.251 e. The second kappa shape index (κ2) is 7.66. The quantitative estimate of drug-likeness (QED) is 0.626. The van der Waals surface area contributed by atoms with Gasteiger partial charge < -0.3 is 15.0 Å². The molecule has 1 fully saturated rings. The van der Waals surface area contributed by atoms with Crippen LogP contribution in [0.4, 0.5) is 5.69 Å². The molecule has 0 aliphatic carbocycles. The van der Waals surface area contributed by atoms with Crippen LogP contribution in [0.3, 0.4) is 0 Å². The molecule has 6 nitrogen and oxygen atoms in total. The number of fused-ring (bicyclic) bond motifs is 1. The van der Waals surface area contributed by atoms with Crippen LogP contribution in [0, 0.1) is 0 Å². The van der Waals surface area contributed by atoms with Gasteiger partial charge in [0.05, 0.1) is 25.3 Å². The molecule has 28 heavy (non-hydrogen) atoms. The number of imide groups is 1. The van der Waals surface area contributed by atoms with E-state index in [0.29, 0.717) is 23.0 Å². The van der Waals surface area contributed by atoms with E-state index in [1.54, 1.807) is 18.2 Å². The van der Waals surface area contributed by atoms with Crippen LogP contribution < -0.4 is 15.0 Å². The zero-order chi connectivity index (χ0) is 19.7. The topological polar surface area (TPSA) is 74.4 Å². The van der Waals surface area contributed by atoms with Crippen molar-refractivity contribution < 1.29 is 14.3 Å². The molecule has 2 heterocycles. The summed E-state index contributed by atoms with van der Waals surface area (Å²) in [6.07, 6.45) is 2.85. The Bertz CT molecular complexity index is 1050. The maximum absolute atomic E-state index is 12.8. The molecule has 1 aromatic heterocycles. The Morgan fingerprint density at radius 3 is 2.89 bits per heavy atom. The van der Waals surface area contributed by atoms with E-state index in [0.717, 1.165) is 16.8 Å². The van der Waals surface area contributed by atoms with Crippen LogP contribution in [-0.4, -0.2) is 36.5 Å². The number of hydrogen-bond donors (Lipinski definition) is 2. The van der Waals surface area contributed by atoms with Crippen LogP contribution >= 0.6 is 11.6 Å². The number of nitrogens with zero attached hydrogens (tertiary/aromatic N) is 1. The Morgan fingerprint density at radius 2 is 2.07 bits per heavy atom. The number of aromatic amines is 1. The third kappa shape index (κ3) is 3.37. The van der Waals surface area contributed by atoms with Crippen molar-refractivity contribution in [3.8, 4) is 5.75 Å². The SMILES string of the molecule is COc1ccc(Cl)cc1N1C(=O)C[C@@H](NCCc2c[nH]c3ccccc23)C1=O. The third-order valence-electron chi connectivity index (χ3n) is 4.99. The fourth-order valence-electron chi connectivity index (χ4n) is 3.60. The van der Waals surface area contributed by atoms with Gasteiger partial charge in [0.1, 0.15) is 5.75 Å². The monoisotopic (exact) mass is 397 g/mol. The maximum Gasteiger partial charge on any atom is 0.251 e. The number of nitrogens with one attached hydrogen (secondary N) is 2. The van der Waals surface area contributed by atoms with Gasteiger partial charge in [-0.3, -0.25) is 9.59 Å². The van der Waals surface area contributed by atoms with Crippen molar-refractivity contribution >= 4 is 40.0 Å². The minimum Gasteiger partial charge on any atom is -0.495 e. The molecule has 2 aromatic carbocycles. The summed E-state index contributed by atoms with van der Waals surface area (Å²) in [4.78, 5) is 29.7. The normalized spacial score (nSPS) is 16.9. The maximum atomic E-state index is 12.8. The second-order valence-corrected chi connectivity index (χ2v) is 7.14. The molecule has 1 aliphatic rings. The molecule has 1 saturated heterocycles. The number of benzene rings is 2. The highest BCUT2D eigenvalue weighted by molar-refractivity contribution is 6.31. The first-order chi connectivity index (χ1) is 13.6. The van der Waals surface area contributed by atoms with E-state index in [4.69, 9.17) is 16.3 Å². The Balaban J connectivity index is 1.45. The lowest BCUT2D eigenvalue weighted by Crippen LogP contribution is -2.39. The van der Waals surface area contributed by atoms with E-state index < -0.39 is 6.04 Å². The van der Waals surface area contributed by atoms with E-state index in [2.05, 4.69) is 16.4 Å². The van der Waals surface area contributed by atoms with Gasteiger partial charge >= 0.3 is 0 Å². The lowest BCUT2D eigenvalue weighted by atomic mass is 10.1. The summed E-state index contributed by atoms with van der Waals surface area (Å²) in [5.41, 5.74) is 2.64. The molecule has 144 valence electrons. The Hall–Kier alpha value is -2.83. The number of ether oxygens (including phenoxy) is 1. The molecule has 4 rings (SSSR count). The van der Waals surface area contributed by atoms with Gasteiger partial charge in [0, 0.05) is 28.7 Å². The molecule has 0 saturated carbocycles. The van der Waals surface area contributed by atoms with Gasteiger partial charge in [0.2, 0.25) is 5.91 Å². The summed E-state index contributed by atoms with van der Waals surface area (Å²) in [6.45, 7) is 0.589. The predicted molar refractivity (Wildman–Crippen MR) is 109 cm³/mol. The highest BCUT2D eigenvalue weighted by Gasteiger charge is 2.40.